The Morgan fingerprint density at radius 1 is 0.911 bits per heavy atom. The van der Waals surface area contributed by atoms with Gasteiger partial charge in [-0.15, -0.1) is 0 Å². The van der Waals surface area contributed by atoms with Crippen molar-refractivity contribution < 1.29 is 14.3 Å². The van der Waals surface area contributed by atoms with E-state index >= 15 is 0 Å². The number of pyridine rings is 2. The number of ether oxygens (including phenoxy) is 1. The number of unbranched alkanes of at least 4 members (excludes halogenated alkanes) is 1. The van der Waals surface area contributed by atoms with Crippen LogP contribution in [0.4, 0.5) is 11.4 Å². The summed E-state index contributed by atoms with van der Waals surface area (Å²) in [7, 11) is 1.71. The Labute approximate surface area is 265 Å². The molecule has 0 fully saturated rings. The summed E-state index contributed by atoms with van der Waals surface area (Å²) in [5, 5.41) is 1.69. The lowest BCUT2D eigenvalue weighted by molar-refractivity contribution is -0.137. The molecule has 0 aliphatic carbocycles. The number of anilines is 2. The third-order valence-electron chi connectivity index (χ3n) is 8.73. The minimum Gasteiger partial charge on any atom is -0.494 e. The van der Waals surface area contributed by atoms with Gasteiger partial charge in [0.2, 0.25) is 11.8 Å². The van der Waals surface area contributed by atoms with Crippen LogP contribution in [0.15, 0.2) is 77.9 Å². The molecular formula is C36H43N5O4. The van der Waals surface area contributed by atoms with Crippen LogP contribution in [0.3, 0.4) is 0 Å². The third kappa shape index (κ3) is 6.78. The van der Waals surface area contributed by atoms with Gasteiger partial charge in [-0.1, -0.05) is 24.3 Å². The van der Waals surface area contributed by atoms with Crippen molar-refractivity contribution >= 4 is 34.0 Å². The van der Waals surface area contributed by atoms with Gasteiger partial charge in [-0.25, -0.2) is 0 Å². The van der Waals surface area contributed by atoms with E-state index in [0.717, 1.165) is 48.9 Å². The molecule has 1 aliphatic rings. The van der Waals surface area contributed by atoms with Gasteiger partial charge in [0, 0.05) is 62.8 Å². The molecule has 0 radical (unpaired) electrons. The highest BCUT2D eigenvalue weighted by atomic mass is 16.5. The molecule has 0 N–H and O–H groups in total. The maximum Gasteiger partial charge on any atom is 0.258 e. The van der Waals surface area contributed by atoms with Gasteiger partial charge < -0.3 is 19.1 Å². The molecule has 1 aliphatic heterocycles. The molecule has 4 aromatic rings. The molecule has 0 saturated carbocycles. The average molecular weight is 610 g/mol. The van der Waals surface area contributed by atoms with E-state index in [2.05, 4.69) is 16.0 Å². The molecular weight excluding hydrogens is 566 g/mol. The Balaban J connectivity index is 1.22. The van der Waals surface area contributed by atoms with E-state index in [-0.39, 0.29) is 17.4 Å². The summed E-state index contributed by atoms with van der Waals surface area (Å²) in [6.07, 6.45) is 5.43. The Kier molecular flexibility index (Phi) is 9.68. The normalized spacial score (nSPS) is 14.6. The second kappa shape index (κ2) is 13.6. The van der Waals surface area contributed by atoms with Gasteiger partial charge in [0.05, 0.1) is 18.0 Å². The predicted octanol–water partition coefficient (Wildman–Crippen LogP) is 5.42. The zero-order valence-electron chi connectivity index (χ0n) is 27.0. The average Bonchev–Trinajstić information content (AvgIpc) is 3.09. The highest BCUT2D eigenvalue weighted by Crippen LogP contribution is 2.40. The van der Waals surface area contributed by atoms with E-state index in [1.54, 1.807) is 35.3 Å². The maximum absolute atomic E-state index is 13.2. The number of hydrogen-bond donors (Lipinski definition) is 0. The van der Waals surface area contributed by atoms with Crippen molar-refractivity contribution in [3.8, 4) is 5.75 Å². The molecule has 0 saturated heterocycles. The molecule has 2 aromatic heterocycles. The number of fused-ring (bicyclic) bond motifs is 2. The molecule has 5 rings (SSSR count). The first kappa shape index (κ1) is 31.9. The lowest BCUT2D eigenvalue weighted by atomic mass is 9.90. The van der Waals surface area contributed by atoms with Crippen LogP contribution in [0.1, 0.15) is 44.9 Å². The number of aromatic nitrogens is 2. The molecule has 9 nitrogen and oxygen atoms in total. The van der Waals surface area contributed by atoms with Crippen LogP contribution in [0.2, 0.25) is 0 Å². The summed E-state index contributed by atoms with van der Waals surface area (Å²) in [6, 6.07) is 19.3. The molecule has 2 amide bonds. The highest BCUT2D eigenvalue weighted by Gasteiger charge is 2.45. The maximum atomic E-state index is 13.2. The Hall–Kier alpha value is -4.50. The number of amides is 2. The van der Waals surface area contributed by atoms with Gasteiger partial charge in [-0.3, -0.25) is 24.3 Å². The van der Waals surface area contributed by atoms with Gasteiger partial charge in [0.1, 0.15) is 11.2 Å². The largest absolute Gasteiger partial charge is 0.494 e. The van der Waals surface area contributed by atoms with Crippen molar-refractivity contribution in [2.45, 2.75) is 53.6 Å². The van der Waals surface area contributed by atoms with Crippen molar-refractivity contribution in [2.24, 2.45) is 5.41 Å². The summed E-state index contributed by atoms with van der Waals surface area (Å²) in [4.78, 5) is 49.5. The van der Waals surface area contributed by atoms with Gasteiger partial charge >= 0.3 is 0 Å². The lowest BCUT2D eigenvalue weighted by Crippen LogP contribution is -2.47. The Bertz CT molecular complexity index is 1750. The summed E-state index contributed by atoms with van der Waals surface area (Å²) in [5.41, 5.74) is 2.44. The third-order valence-corrected chi connectivity index (χ3v) is 8.73. The van der Waals surface area contributed by atoms with Crippen LogP contribution in [-0.4, -0.2) is 59.6 Å². The standard InChI is InChI=1S/C36H43N5O4/c1-6-41-31-16-15-29(24-32(31)38(5)34(43)36(3,4)35(41)44)45-23-10-9-19-39(25-28-13-11-18-37-26(28)2)21-22-40-20-17-27-12-7-8-14-30(27)33(40)42/h7-8,11-18,20,24H,6,9-10,19,21-23,25H2,1-5H3. The van der Waals surface area contributed by atoms with E-state index in [9.17, 15) is 14.4 Å². The smallest absolute Gasteiger partial charge is 0.258 e. The van der Waals surface area contributed by atoms with Crippen LogP contribution in [-0.2, 0) is 22.7 Å². The van der Waals surface area contributed by atoms with E-state index in [1.165, 1.54) is 5.56 Å². The van der Waals surface area contributed by atoms with Gasteiger partial charge in [-0.05, 0) is 88.4 Å². The number of carbonyl (C=O) groups is 2. The minimum absolute atomic E-state index is 0.0297. The zero-order chi connectivity index (χ0) is 32.1. The Morgan fingerprint density at radius 3 is 2.49 bits per heavy atom. The van der Waals surface area contributed by atoms with Crippen molar-refractivity contribution in [2.75, 3.05) is 43.1 Å². The first-order chi connectivity index (χ1) is 21.6. The fourth-order valence-corrected chi connectivity index (χ4v) is 5.95. The zero-order valence-corrected chi connectivity index (χ0v) is 27.0. The van der Waals surface area contributed by atoms with E-state index in [0.29, 0.717) is 36.8 Å². The van der Waals surface area contributed by atoms with E-state index in [4.69, 9.17) is 4.74 Å². The fourth-order valence-electron chi connectivity index (χ4n) is 5.95. The van der Waals surface area contributed by atoms with E-state index < -0.39 is 5.41 Å². The number of carbonyl (C=O) groups excluding carboxylic acids is 2. The van der Waals surface area contributed by atoms with Crippen LogP contribution in [0, 0.1) is 12.3 Å². The van der Waals surface area contributed by atoms with Crippen molar-refractivity contribution in [3.63, 3.8) is 0 Å². The van der Waals surface area contributed by atoms with Crippen molar-refractivity contribution in [3.05, 3.63) is 94.7 Å². The highest BCUT2D eigenvalue weighted by molar-refractivity contribution is 6.20. The molecule has 2 aromatic carbocycles. The second-order valence-electron chi connectivity index (χ2n) is 12.2. The quantitative estimate of drug-likeness (QED) is 0.157. The number of aryl methyl sites for hydroxylation is 1. The summed E-state index contributed by atoms with van der Waals surface area (Å²) < 4.78 is 7.93. The molecule has 0 spiro atoms. The van der Waals surface area contributed by atoms with Crippen LogP contribution in [0.5, 0.6) is 5.75 Å². The number of benzene rings is 2. The van der Waals surface area contributed by atoms with Crippen molar-refractivity contribution in [1.82, 2.24) is 14.5 Å². The van der Waals surface area contributed by atoms with Crippen LogP contribution < -0.4 is 20.1 Å². The van der Waals surface area contributed by atoms with Gasteiger partial charge in [-0.2, -0.15) is 0 Å². The molecule has 0 unspecified atom stereocenters. The molecule has 3 heterocycles. The number of nitrogens with zero attached hydrogens (tertiary/aromatic N) is 5. The number of rotatable bonds is 12. The minimum atomic E-state index is -1.15. The molecule has 0 bridgehead atoms. The lowest BCUT2D eigenvalue weighted by Gasteiger charge is -2.27. The topological polar surface area (TPSA) is 88.0 Å². The van der Waals surface area contributed by atoms with Gasteiger partial charge in [0.15, 0.2) is 0 Å². The predicted molar refractivity (Wildman–Crippen MR) is 179 cm³/mol. The summed E-state index contributed by atoms with van der Waals surface area (Å²) in [5.74, 6) is 0.220. The van der Waals surface area contributed by atoms with Crippen LogP contribution in [0.25, 0.3) is 10.8 Å². The van der Waals surface area contributed by atoms with Gasteiger partial charge in [0.25, 0.3) is 5.56 Å². The molecule has 9 heteroatoms. The van der Waals surface area contributed by atoms with Crippen LogP contribution >= 0.6 is 0 Å². The van der Waals surface area contributed by atoms with Crippen molar-refractivity contribution in [1.29, 1.82) is 0 Å². The first-order valence-corrected chi connectivity index (χ1v) is 15.7. The monoisotopic (exact) mass is 609 g/mol. The summed E-state index contributed by atoms with van der Waals surface area (Å²) in [6.45, 7) is 11.2. The summed E-state index contributed by atoms with van der Waals surface area (Å²) >= 11 is 0. The molecule has 236 valence electrons. The fraction of sp³-hybridized carbons (Fsp3) is 0.389. The molecule has 45 heavy (non-hydrogen) atoms. The number of hydrogen-bond acceptors (Lipinski definition) is 6. The molecule has 0 atom stereocenters. The SMILES string of the molecule is CCN1C(=O)C(C)(C)C(=O)N(C)c2cc(OCCCCN(CCn3ccc4ccccc4c3=O)Cc3cccnc3C)ccc21. The first-order valence-electron chi connectivity index (χ1n) is 15.7. The Morgan fingerprint density at radius 2 is 1.71 bits per heavy atom. The van der Waals surface area contributed by atoms with E-state index in [1.807, 2.05) is 80.8 Å². The second-order valence-corrected chi connectivity index (χ2v) is 12.2.